The normalized spacial score (nSPS) is 11.4. The largest absolute Gasteiger partial charge is 0.482 e. The van der Waals surface area contributed by atoms with Gasteiger partial charge in [0, 0.05) is 37.0 Å². The lowest BCUT2D eigenvalue weighted by Crippen LogP contribution is -2.22. The minimum Gasteiger partial charge on any atom is -0.482 e. The fraction of sp³-hybridized carbons (Fsp3) is 0.192. The number of unbranched alkanes of at least 4 members (excludes halogenated alkanes) is 1. The number of aryl methyl sites for hydroxylation is 1. The summed E-state index contributed by atoms with van der Waals surface area (Å²) < 4.78 is 9.53. The number of benzene rings is 3. The fourth-order valence-electron chi connectivity index (χ4n) is 3.61. The summed E-state index contributed by atoms with van der Waals surface area (Å²) in [5.41, 5.74) is 1.39. The first-order valence-corrected chi connectivity index (χ1v) is 13.8. The molecule has 0 atom stereocenters. The van der Waals surface area contributed by atoms with Crippen molar-refractivity contribution in [2.24, 2.45) is 5.10 Å². The van der Waals surface area contributed by atoms with Crippen molar-refractivity contribution in [2.45, 2.75) is 32.8 Å². The number of nitro groups is 1. The summed E-state index contributed by atoms with van der Waals surface area (Å²) in [5, 5.41) is 16.6. The molecular formula is C26H21Br3N4O4. The van der Waals surface area contributed by atoms with E-state index in [0.29, 0.717) is 28.7 Å². The van der Waals surface area contributed by atoms with Gasteiger partial charge in [0.15, 0.2) is 5.75 Å². The van der Waals surface area contributed by atoms with Crippen LogP contribution in [0, 0.1) is 10.1 Å². The zero-order valence-electron chi connectivity index (χ0n) is 19.7. The molecule has 0 radical (unpaired) electrons. The van der Waals surface area contributed by atoms with Crippen LogP contribution in [-0.4, -0.2) is 20.8 Å². The van der Waals surface area contributed by atoms with Crippen molar-refractivity contribution in [3.8, 4) is 5.75 Å². The second kappa shape index (κ2) is 12.1. The number of ether oxygens (including phenoxy) is 1. The van der Waals surface area contributed by atoms with Crippen LogP contribution < -0.4 is 10.3 Å². The lowest BCUT2D eigenvalue weighted by molar-refractivity contribution is -0.385. The average molecular weight is 693 g/mol. The van der Waals surface area contributed by atoms with Crippen molar-refractivity contribution in [1.82, 2.24) is 9.66 Å². The van der Waals surface area contributed by atoms with Crippen LogP contribution in [0.3, 0.4) is 0 Å². The summed E-state index contributed by atoms with van der Waals surface area (Å²) in [4.78, 5) is 29.2. The SMILES string of the molecule is CCCCc1nc2ccc(Br)cc2c(=O)n1N=Cc1ccc(OCc2ccc(Br)cc2Br)c([N+](=O)[O-])c1. The van der Waals surface area contributed by atoms with Crippen molar-refractivity contribution < 1.29 is 9.66 Å². The zero-order valence-corrected chi connectivity index (χ0v) is 24.4. The van der Waals surface area contributed by atoms with E-state index < -0.39 is 4.92 Å². The zero-order chi connectivity index (χ0) is 26.5. The third-order valence-corrected chi connectivity index (χ3v) is 7.25. The molecule has 4 rings (SSSR count). The molecule has 4 aromatic rings. The summed E-state index contributed by atoms with van der Waals surface area (Å²) in [6.07, 6.45) is 3.77. The minimum atomic E-state index is -0.503. The van der Waals surface area contributed by atoms with E-state index in [-0.39, 0.29) is 23.6 Å². The van der Waals surface area contributed by atoms with Crippen molar-refractivity contribution in [2.75, 3.05) is 0 Å². The molecule has 0 bridgehead atoms. The Labute approximate surface area is 237 Å². The number of nitrogens with zero attached hydrogens (tertiary/aromatic N) is 4. The molecule has 0 amide bonds. The molecule has 0 N–H and O–H groups in total. The Morgan fingerprint density at radius 3 is 2.57 bits per heavy atom. The number of aromatic nitrogens is 2. The molecule has 0 unspecified atom stereocenters. The lowest BCUT2D eigenvalue weighted by atomic mass is 10.2. The predicted octanol–water partition coefficient (Wildman–Crippen LogP) is 7.40. The highest BCUT2D eigenvalue weighted by Crippen LogP contribution is 2.30. The number of halogens is 3. The van der Waals surface area contributed by atoms with Gasteiger partial charge in [-0.3, -0.25) is 14.9 Å². The second-order valence-corrected chi connectivity index (χ2v) is 10.8. The van der Waals surface area contributed by atoms with Crippen LogP contribution in [0.25, 0.3) is 10.9 Å². The van der Waals surface area contributed by atoms with Gasteiger partial charge < -0.3 is 4.74 Å². The molecule has 1 aromatic heterocycles. The number of hydrogen-bond acceptors (Lipinski definition) is 6. The van der Waals surface area contributed by atoms with E-state index in [1.54, 1.807) is 18.2 Å². The van der Waals surface area contributed by atoms with Crippen LogP contribution in [0.1, 0.15) is 36.7 Å². The summed E-state index contributed by atoms with van der Waals surface area (Å²) in [6.45, 7) is 2.21. The molecule has 37 heavy (non-hydrogen) atoms. The average Bonchev–Trinajstić information content (AvgIpc) is 2.87. The quantitative estimate of drug-likeness (QED) is 0.103. The van der Waals surface area contributed by atoms with E-state index in [1.165, 1.54) is 23.0 Å². The van der Waals surface area contributed by atoms with Gasteiger partial charge in [0.25, 0.3) is 5.56 Å². The highest BCUT2D eigenvalue weighted by Gasteiger charge is 2.17. The van der Waals surface area contributed by atoms with Crippen LogP contribution in [0.2, 0.25) is 0 Å². The highest BCUT2D eigenvalue weighted by atomic mass is 79.9. The van der Waals surface area contributed by atoms with Gasteiger partial charge in [0.1, 0.15) is 12.4 Å². The Bertz CT molecular complexity index is 1570. The van der Waals surface area contributed by atoms with Gasteiger partial charge in [-0.1, -0.05) is 67.2 Å². The topological polar surface area (TPSA) is 99.6 Å². The van der Waals surface area contributed by atoms with Crippen LogP contribution in [0.5, 0.6) is 5.75 Å². The summed E-state index contributed by atoms with van der Waals surface area (Å²) >= 11 is 10.3. The van der Waals surface area contributed by atoms with Gasteiger partial charge in [0.05, 0.1) is 22.0 Å². The van der Waals surface area contributed by atoms with Crippen LogP contribution in [0.4, 0.5) is 5.69 Å². The third kappa shape index (κ3) is 6.52. The fourth-order valence-corrected chi connectivity index (χ4v) is 5.13. The first-order chi connectivity index (χ1) is 17.8. The summed E-state index contributed by atoms with van der Waals surface area (Å²) in [5.74, 6) is 0.669. The van der Waals surface area contributed by atoms with Crippen molar-refractivity contribution in [3.63, 3.8) is 0 Å². The van der Waals surface area contributed by atoms with E-state index in [4.69, 9.17) is 4.74 Å². The molecule has 0 fully saturated rings. The molecule has 0 aliphatic carbocycles. The van der Waals surface area contributed by atoms with E-state index in [9.17, 15) is 14.9 Å². The Balaban J connectivity index is 1.66. The maximum Gasteiger partial charge on any atom is 0.311 e. The first-order valence-electron chi connectivity index (χ1n) is 11.4. The molecule has 0 saturated heterocycles. The first kappa shape index (κ1) is 27.2. The monoisotopic (exact) mass is 690 g/mol. The molecule has 0 aliphatic heterocycles. The Kier molecular flexibility index (Phi) is 8.88. The molecule has 11 heteroatoms. The van der Waals surface area contributed by atoms with E-state index in [2.05, 4.69) is 64.8 Å². The van der Waals surface area contributed by atoms with Gasteiger partial charge in [-0.2, -0.15) is 9.78 Å². The minimum absolute atomic E-state index is 0.134. The molecule has 0 spiro atoms. The van der Waals surface area contributed by atoms with Crippen molar-refractivity contribution >= 4 is 70.6 Å². The van der Waals surface area contributed by atoms with E-state index >= 15 is 0 Å². The number of nitro benzene ring substituents is 1. The van der Waals surface area contributed by atoms with Crippen LogP contribution in [-0.2, 0) is 13.0 Å². The lowest BCUT2D eigenvalue weighted by Gasteiger charge is -2.10. The molecule has 0 aliphatic rings. The molecule has 8 nitrogen and oxygen atoms in total. The van der Waals surface area contributed by atoms with Gasteiger partial charge in [-0.05, 0) is 48.9 Å². The standard InChI is InChI=1S/C26H21Br3N4O4/c1-2-3-4-25-31-22-9-8-18(27)12-20(22)26(34)32(25)30-14-16-5-10-24(23(11-16)33(35)36)37-15-17-6-7-19(28)13-21(17)29/h5-14H,2-4,15H2,1H3. The van der Waals surface area contributed by atoms with Gasteiger partial charge in [-0.15, -0.1) is 0 Å². The maximum atomic E-state index is 13.2. The molecule has 3 aromatic carbocycles. The number of hydrogen-bond donors (Lipinski definition) is 0. The van der Waals surface area contributed by atoms with E-state index in [0.717, 1.165) is 31.8 Å². The van der Waals surface area contributed by atoms with E-state index in [1.807, 2.05) is 24.3 Å². The number of fused-ring (bicyclic) bond motifs is 1. The third-order valence-electron chi connectivity index (χ3n) is 5.53. The summed E-state index contributed by atoms with van der Waals surface area (Å²) in [6, 6.07) is 15.5. The van der Waals surface area contributed by atoms with Crippen molar-refractivity contribution in [3.05, 3.63) is 105 Å². The molecule has 1 heterocycles. The smallest absolute Gasteiger partial charge is 0.311 e. The van der Waals surface area contributed by atoms with Crippen LogP contribution >= 0.6 is 47.8 Å². The molecule has 0 saturated carbocycles. The Hall–Kier alpha value is -2.89. The molecular weight excluding hydrogens is 672 g/mol. The van der Waals surface area contributed by atoms with Gasteiger partial charge in [-0.25, -0.2) is 4.98 Å². The Morgan fingerprint density at radius 2 is 1.84 bits per heavy atom. The second-order valence-electron chi connectivity index (χ2n) is 8.16. The summed E-state index contributed by atoms with van der Waals surface area (Å²) in [7, 11) is 0. The Morgan fingerprint density at radius 1 is 1.08 bits per heavy atom. The highest BCUT2D eigenvalue weighted by molar-refractivity contribution is 9.11. The predicted molar refractivity (Wildman–Crippen MR) is 155 cm³/mol. The molecule has 190 valence electrons. The van der Waals surface area contributed by atoms with Gasteiger partial charge >= 0.3 is 5.69 Å². The maximum absolute atomic E-state index is 13.2. The van der Waals surface area contributed by atoms with Gasteiger partial charge in [0.2, 0.25) is 0 Å². The van der Waals surface area contributed by atoms with Crippen LogP contribution in [0.15, 0.2) is 77.9 Å². The number of rotatable bonds is 9. The van der Waals surface area contributed by atoms with Crippen molar-refractivity contribution in [1.29, 1.82) is 0 Å².